The van der Waals surface area contributed by atoms with Crippen molar-refractivity contribution in [3.63, 3.8) is 0 Å². The molecule has 0 unspecified atom stereocenters. The number of rotatable bonds is 2. The average Bonchev–Trinajstić information content (AvgIpc) is 2.72. The van der Waals surface area contributed by atoms with Crippen LogP contribution in [0.3, 0.4) is 0 Å². The van der Waals surface area contributed by atoms with Gasteiger partial charge in [0.05, 0.1) is 17.4 Å². The number of hydrogen-bond acceptors (Lipinski definition) is 3. The SMILES string of the molecule is COC1CCC2(CC1)NC(=O)C(c1[c-]cccc1C)=C2O.[W]. The minimum atomic E-state index is -0.614. The van der Waals surface area contributed by atoms with Crippen LogP contribution in [0.5, 0.6) is 0 Å². The summed E-state index contributed by atoms with van der Waals surface area (Å²) >= 11 is 0. The molecule has 1 aliphatic carbocycles. The molecule has 1 amide bonds. The molecule has 5 heteroatoms. The number of carbonyl (C=O) groups is 1. The van der Waals surface area contributed by atoms with Crippen molar-refractivity contribution in [3.05, 3.63) is 41.2 Å². The van der Waals surface area contributed by atoms with Gasteiger partial charge < -0.3 is 15.2 Å². The first kappa shape index (κ1) is 17.2. The molecule has 1 fully saturated rings. The van der Waals surface area contributed by atoms with Crippen LogP contribution in [0.1, 0.15) is 36.8 Å². The fourth-order valence-corrected chi connectivity index (χ4v) is 3.39. The van der Waals surface area contributed by atoms with Crippen LogP contribution in [0.25, 0.3) is 5.57 Å². The van der Waals surface area contributed by atoms with E-state index in [9.17, 15) is 9.90 Å². The molecule has 0 bridgehead atoms. The molecule has 0 saturated heterocycles. The third-order valence-corrected chi connectivity index (χ3v) is 4.70. The van der Waals surface area contributed by atoms with Crippen LogP contribution in [0.4, 0.5) is 0 Å². The summed E-state index contributed by atoms with van der Waals surface area (Å²) in [7, 11) is 1.71. The molecule has 22 heavy (non-hydrogen) atoms. The second-order valence-electron chi connectivity index (χ2n) is 5.92. The number of benzene rings is 1. The van der Waals surface area contributed by atoms with Crippen molar-refractivity contribution in [3.8, 4) is 0 Å². The van der Waals surface area contributed by atoms with Gasteiger partial charge in [0.1, 0.15) is 0 Å². The summed E-state index contributed by atoms with van der Waals surface area (Å²) in [6, 6.07) is 8.65. The van der Waals surface area contributed by atoms with Gasteiger partial charge in [0.15, 0.2) is 0 Å². The van der Waals surface area contributed by atoms with Gasteiger partial charge in [-0.1, -0.05) is 6.92 Å². The maximum atomic E-state index is 12.4. The van der Waals surface area contributed by atoms with Crippen molar-refractivity contribution < 1.29 is 35.7 Å². The number of ether oxygens (including phenoxy) is 1. The molecule has 0 radical (unpaired) electrons. The van der Waals surface area contributed by atoms with E-state index >= 15 is 0 Å². The molecular weight excluding hydrogens is 450 g/mol. The monoisotopic (exact) mass is 470 g/mol. The molecule has 1 spiro atoms. The first-order chi connectivity index (χ1) is 10.1. The molecule has 1 heterocycles. The van der Waals surface area contributed by atoms with E-state index in [0.717, 1.165) is 18.4 Å². The third kappa shape index (κ3) is 2.75. The van der Waals surface area contributed by atoms with Gasteiger partial charge >= 0.3 is 0 Å². The van der Waals surface area contributed by atoms with Crippen LogP contribution in [0.15, 0.2) is 24.0 Å². The molecule has 2 N–H and O–H groups in total. The quantitative estimate of drug-likeness (QED) is 0.654. The summed E-state index contributed by atoms with van der Waals surface area (Å²) < 4.78 is 5.37. The van der Waals surface area contributed by atoms with E-state index in [4.69, 9.17) is 4.74 Å². The molecule has 0 atom stereocenters. The molecule has 0 aromatic heterocycles. The number of hydrogen-bond donors (Lipinski definition) is 2. The molecule has 1 aliphatic heterocycles. The van der Waals surface area contributed by atoms with Crippen molar-refractivity contribution in [1.29, 1.82) is 0 Å². The average molecular weight is 470 g/mol. The molecule has 1 aromatic carbocycles. The summed E-state index contributed by atoms with van der Waals surface area (Å²) in [5.74, 6) is -0.0264. The van der Waals surface area contributed by atoms with Crippen LogP contribution < -0.4 is 5.32 Å². The number of aliphatic hydroxyl groups excluding tert-OH is 1. The molecule has 1 aromatic rings. The minimum Gasteiger partial charge on any atom is -0.519 e. The molecule has 3 rings (SSSR count). The van der Waals surface area contributed by atoms with E-state index < -0.39 is 5.54 Å². The normalized spacial score (nSPS) is 27.7. The van der Waals surface area contributed by atoms with Crippen molar-refractivity contribution in [1.82, 2.24) is 5.32 Å². The number of aliphatic hydroxyl groups is 1. The number of methoxy groups -OCH3 is 1. The Kier molecular flexibility index (Phi) is 5.13. The second kappa shape index (κ2) is 6.55. The minimum absolute atomic E-state index is 0. The summed E-state index contributed by atoms with van der Waals surface area (Å²) in [4.78, 5) is 12.4. The Labute approximate surface area is 145 Å². The zero-order valence-corrected chi connectivity index (χ0v) is 15.7. The molecule has 2 aliphatic rings. The topological polar surface area (TPSA) is 58.6 Å². The standard InChI is InChI=1S/C17H20NO3.W/c1-11-5-3-4-6-13(11)14-15(19)17(18-16(14)20)9-7-12(21-2)8-10-17;/h3-5,12,19H,7-10H2,1-2H3,(H,18,20);/q-1;. The number of carbonyl (C=O) groups excluding carboxylic acids is 1. The van der Waals surface area contributed by atoms with Gasteiger partial charge in [-0.05, 0) is 25.7 Å². The van der Waals surface area contributed by atoms with Gasteiger partial charge in [-0.2, -0.15) is 0 Å². The van der Waals surface area contributed by atoms with E-state index in [1.807, 2.05) is 19.1 Å². The maximum absolute atomic E-state index is 12.4. The van der Waals surface area contributed by atoms with Gasteiger partial charge in [-0.15, -0.1) is 35.4 Å². The van der Waals surface area contributed by atoms with Gasteiger partial charge in [0.2, 0.25) is 5.91 Å². The zero-order valence-electron chi connectivity index (χ0n) is 12.8. The van der Waals surface area contributed by atoms with Gasteiger partial charge in [-0.25, -0.2) is 0 Å². The van der Waals surface area contributed by atoms with Crippen LogP contribution in [-0.4, -0.2) is 29.8 Å². The van der Waals surface area contributed by atoms with Crippen LogP contribution in [-0.2, 0) is 30.6 Å². The first-order valence-corrected chi connectivity index (χ1v) is 7.34. The fourth-order valence-electron chi connectivity index (χ4n) is 3.39. The van der Waals surface area contributed by atoms with Gasteiger partial charge in [0, 0.05) is 33.7 Å². The predicted octanol–water partition coefficient (Wildman–Crippen LogP) is 2.52. The predicted molar refractivity (Wildman–Crippen MR) is 79.7 cm³/mol. The summed E-state index contributed by atoms with van der Waals surface area (Å²) in [5.41, 5.74) is 1.40. The Bertz CT molecular complexity index is 604. The number of aryl methyl sites for hydroxylation is 1. The third-order valence-electron chi connectivity index (χ3n) is 4.70. The zero-order chi connectivity index (χ0) is 15.0. The summed E-state index contributed by atoms with van der Waals surface area (Å²) in [6.07, 6.45) is 3.31. The Balaban J connectivity index is 0.00000176. The fraction of sp³-hybridized carbons (Fsp3) is 0.471. The van der Waals surface area contributed by atoms with Gasteiger partial charge in [0.25, 0.3) is 0 Å². The summed E-state index contributed by atoms with van der Waals surface area (Å²) in [6.45, 7) is 1.92. The van der Waals surface area contributed by atoms with Crippen molar-refractivity contribution >= 4 is 11.5 Å². The molecular formula is C17H20NO3W-. The molecule has 1 saturated carbocycles. The number of amides is 1. The smallest absolute Gasteiger partial charge is 0.214 e. The summed E-state index contributed by atoms with van der Waals surface area (Å²) in [5, 5.41) is 13.7. The van der Waals surface area contributed by atoms with E-state index in [1.165, 1.54) is 0 Å². The van der Waals surface area contributed by atoms with Gasteiger partial charge in [-0.3, -0.25) is 4.79 Å². The van der Waals surface area contributed by atoms with Crippen molar-refractivity contribution in [2.24, 2.45) is 0 Å². The van der Waals surface area contributed by atoms with Crippen molar-refractivity contribution in [2.75, 3.05) is 7.11 Å². The van der Waals surface area contributed by atoms with E-state index in [-0.39, 0.29) is 38.8 Å². The molecule has 4 nitrogen and oxygen atoms in total. The first-order valence-electron chi connectivity index (χ1n) is 7.34. The van der Waals surface area contributed by atoms with Crippen molar-refractivity contribution in [2.45, 2.75) is 44.2 Å². The van der Waals surface area contributed by atoms with Crippen LogP contribution in [0, 0.1) is 13.0 Å². The second-order valence-corrected chi connectivity index (χ2v) is 5.92. The Morgan fingerprint density at radius 2 is 2.09 bits per heavy atom. The van der Waals surface area contributed by atoms with Crippen LogP contribution in [0.2, 0.25) is 0 Å². The van der Waals surface area contributed by atoms with E-state index in [2.05, 4.69) is 11.4 Å². The maximum Gasteiger partial charge on any atom is 0.214 e. The van der Waals surface area contributed by atoms with Crippen LogP contribution >= 0.6 is 0 Å². The number of nitrogens with one attached hydrogen (secondary N) is 1. The van der Waals surface area contributed by atoms with E-state index in [0.29, 0.717) is 24.0 Å². The Morgan fingerprint density at radius 1 is 1.41 bits per heavy atom. The molecule has 118 valence electrons. The largest absolute Gasteiger partial charge is 0.519 e. The Morgan fingerprint density at radius 3 is 2.68 bits per heavy atom. The Hall–Kier alpha value is -1.12. The van der Waals surface area contributed by atoms with E-state index in [1.54, 1.807) is 13.2 Å².